The summed E-state index contributed by atoms with van der Waals surface area (Å²) in [5.41, 5.74) is -0.204. The average Bonchev–Trinajstić information content (AvgIpc) is 2.17. The van der Waals surface area contributed by atoms with Crippen molar-refractivity contribution in [3.8, 4) is 0 Å². The average molecular weight is 198 g/mol. The van der Waals surface area contributed by atoms with Crippen LogP contribution in [-0.4, -0.2) is 18.9 Å². The first-order valence-corrected chi connectivity index (χ1v) is 5.08. The fraction of sp³-hybridized carbons (Fsp3) is 0.818. The largest absolute Gasteiger partial charge is 0.469 e. The summed E-state index contributed by atoms with van der Waals surface area (Å²) in [7, 11) is 1.42. The second-order valence-electron chi connectivity index (χ2n) is 4.41. The Labute approximate surface area is 84.8 Å². The molecule has 1 rings (SSSR count). The summed E-state index contributed by atoms with van der Waals surface area (Å²) < 4.78 is 4.69. The lowest BCUT2D eigenvalue weighted by Crippen LogP contribution is -2.33. The van der Waals surface area contributed by atoms with Gasteiger partial charge in [-0.05, 0) is 32.6 Å². The van der Waals surface area contributed by atoms with Gasteiger partial charge >= 0.3 is 5.97 Å². The molecular formula is C11H18O3. The molecule has 0 unspecified atom stereocenters. The summed E-state index contributed by atoms with van der Waals surface area (Å²) in [4.78, 5) is 22.6. The minimum Gasteiger partial charge on any atom is -0.469 e. The summed E-state index contributed by atoms with van der Waals surface area (Å²) in [6.45, 7) is 3.63. The zero-order valence-electron chi connectivity index (χ0n) is 9.13. The molecule has 0 N–H and O–H groups in total. The van der Waals surface area contributed by atoms with Crippen LogP contribution < -0.4 is 0 Å². The maximum Gasteiger partial charge on any atom is 0.308 e. The predicted molar refractivity (Wildman–Crippen MR) is 52.8 cm³/mol. The van der Waals surface area contributed by atoms with Gasteiger partial charge in [0, 0.05) is 5.41 Å². The van der Waals surface area contributed by atoms with Crippen LogP contribution in [0.15, 0.2) is 0 Å². The second kappa shape index (κ2) is 4.11. The van der Waals surface area contributed by atoms with Gasteiger partial charge in [-0.3, -0.25) is 9.59 Å². The zero-order chi connectivity index (χ0) is 10.8. The Kier molecular flexibility index (Phi) is 3.29. The molecule has 3 nitrogen and oxygen atoms in total. The van der Waals surface area contributed by atoms with Crippen molar-refractivity contribution < 1.29 is 14.3 Å². The van der Waals surface area contributed by atoms with Crippen LogP contribution in [0.25, 0.3) is 0 Å². The molecule has 0 aromatic heterocycles. The number of esters is 1. The van der Waals surface area contributed by atoms with Gasteiger partial charge in [0.1, 0.15) is 5.78 Å². The highest BCUT2D eigenvalue weighted by atomic mass is 16.5. The molecule has 1 aliphatic carbocycles. The quantitative estimate of drug-likeness (QED) is 0.637. The summed E-state index contributed by atoms with van der Waals surface area (Å²) in [6.07, 6.45) is 3.18. The normalized spacial score (nSPS) is 32.4. The molecule has 0 saturated heterocycles. The third-order valence-electron chi connectivity index (χ3n) is 3.47. The van der Waals surface area contributed by atoms with Crippen molar-refractivity contribution in [3.63, 3.8) is 0 Å². The lowest BCUT2D eigenvalue weighted by molar-refractivity contribution is -0.148. The summed E-state index contributed by atoms with van der Waals surface area (Å²) in [6, 6.07) is 0. The van der Waals surface area contributed by atoms with Gasteiger partial charge in [-0.15, -0.1) is 0 Å². The molecule has 0 spiro atoms. The van der Waals surface area contributed by atoms with E-state index < -0.39 is 0 Å². The van der Waals surface area contributed by atoms with E-state index in [1.54, 1.807) is 6.92 Å². The molecule has 1 aliphatic rings. The summed E-state index contributed by atoms with van der Waals surface area (Å²) in [5.74, 6) is 0.115. The van der Waals surface area contributed by atoms with Crippen molar-refractivity contribution in [3.05, 3.63) is 0 Å². The predicted octanol–water partition coefficient (Wildman–Crippen LogP) is 1.94. The third-order valence-corrected chi connectivity index (χ3v) is 3.47. The van der Waals surface area contributed by atoms with Crippen LogP contribution in [-0.2, 0) is 14.3 Å². The molecule has 0 aromatic carbocycles. The first kappa shape index (κ1) is 11.2. The summed E-state index contributed by atoms with van der Waals surface area (Å²) in [5, 5.41) is 0. The molecule has 1 saturated carbocycles. The Bertz CT molecular complexity index is 237. The monoisotopic (exact) mass is 198 g/mol. The fourth-order valence-electron chi connectivity index (χ4n) is 2.01. The molecule has 80 valence electrons. The topological polar surface area (TPSA) is 43.4 Å². The van der Waals surface area contributed by atoms with Crippen LogP contribution in [0, 0.1) is 11.3 Å². The number of hydrogen-bond acceptors (Lipinski definition) is 3. The van der Waals surface area contributed by atoms with E-state index in [1.807, 2.05) is 6.92 Å². The van der Waals surface area contributed by atoms with Gasteiger partial charge < -0.3 is 4.74 Å². The van der Waals surface area contributed by atoms with Gasteiger partial charge in [0.2, 0.25) is 0 Å². The minimum atomic E-state index is -0.204. The lowest BCUT2D eigenvalue weighted by Gasteiger charge is -2.34. The number of methoxy groups -OCH3 is 1. The zero-order valence-corrected chi connectivity index (χ0v) is 9.13. The molecule has 0 radical (unpaired) electrons. The Balaban J connectivity index is 2.54. The van der Waals surface area contributed by atoms with Gasteiger partial charge in [-0.1, -0.05) is 6.92 Å². The fourth-order valence-corrected chi connectivity index (χ4v) is 2.01. The molecule has 0 aliphatic heterocycles. The SMILES string of the molecule is COC(=O)[C@H]1CC[C@@](C)(C(C)=O)CC1. The third kappa shape index (κ3) is 2.14. The van der Waals surface area contributed by atoms with E-state index in [2.05, 4.69) is 0 Å². The molecule has 0 atom stereocenters. The number of carbonyl (C=O) groups excluding carboxylic acids is 2. The Morgan fingerprint density at radius 3 is 2.14 bits per heavy atom. The Morgan fingerprint density at radius 2 is 1.79 bits per heavy atom. The number of ketones is 1. The van der Waals surface area contributed by atoms with Crippen LogP contribution in [0.1, 0.15) is 39.5 Å². The van der Waals surface area contributed by atoms with Crippen LogP contribution in [0.2, 0.25) is 0 Å². The highest BCUT2D eigenvalue weighted by molar-refractivity contribution is 5.82. The molecule has 0 heterocycles. The Morgan fingerprint density at radius 1 is 1.29 bits per heavy atom. The number of carbonyl (C=O) groups is 2. The van der Waals surface area contributed by atoms with E-state index in [1.165, 1.54) is 7.11 Å². The van der Waals surface area contributed by atoms with Gasteiger partial charge in [0.25, 0.3) is 0 Å². The summed E-state index contributed by atoms with van der Waals surface area (Å²) >= 11 is 0. The van der Waals surface area contributed by atoms with Crippen molar-refractivity contribution in [2.24, 2.45) is 11.3 Å². The first-order valence-electron chi connectivity index (χ1n) is 5.08. The van der Waals surface area contributed by atoms with Crippen molar-refractivity contribution in [1.29, 1.82) is 0 Å². The van der Waals surface area contributed by atoms with Crippen molar-refractivity contribution in [2.45, 2.75) is 39.5 Å². The van der Waals surface area contributed by atoms with E-state index in [0.717, 1.165) is 25.7 Å². The van der Waals surface area contributed by atoms with E-state index >= 15 is 0 Å². The van der Waals surface area contributed by atoms with Crippen molar-refractivity contribution in [2.75, 3.05) is 7.11 Å². The maximum atomic E-state index is 11.4. The molecule has 0 bridgehead atoms. The van der Waals surface area contributed by atoms with Gasteiger partial charge in [0.05, 0.1) is 13.0 Å². The molecule has 14 heavy (non-hydrogen) atoms. The molecule has 0 aromatic rings. The molecular weight excluding hydrogens is 180 g/mol. The highest BCUT2D eigenvalue weighted by Crippen LogP contribution is 2.39. The molecule has 3 heteroatoms. The van der Waals surface area contributed by atoms with Crippen LogP contribution >= 0.6 is 0 Å². The number of hydrogen-bond donors (Lipinski definition) is 0. The van der Waals surface area contributed by atoms with E-state index in [4.69, 9.17) is 4.74 Å². The van der Waals surface area contributed by atoms with E-state index in [-0.39, 0.29) is 23.1 Å². The second-order valence-corrected chi connectivity index (χ2v) is 4.41. The molecule has 0 amide bonds. The highest BCUT2D eigenvalue weighted by Gasteiger charge is 2.37. The van der Waals surface area contributed by atoms with Crippen molar-refractivity contribution >= 4 is 11.8 Å². The van der Waals surface area contributed by atoms with E-state index in [0.29, 0.717) is 0 Å². The lowest BCUT2D eigenvalue weighted by atomic mass is 9.70. The van der Waals surface area contributed by atoms with Crippen LogP contribution in [0.4, 0.5) is 0 Å². The van der Waals surface area contributed by atoms with Gasteiger partial charge in [-0.25, -0.2) is 0 Å². The minimum absolute atomic E-state index is 0.00687. The van der Waals surface area contributed by atoms with E-state index in [9.17, 15) is 9.59 Å². The molecule has 1 fully saturated rings. The van der Waals surface area contributed by atoms with Gasteiger partial charge in [-0.2, -0.15) is 0 Å². The number of rotatable bonds is 2. The number of ether oxygens (including phenoxy) is 1. The maximum absolute atomic E-state index is 11.4. The standard InChI is InChI=1S/C11H18O3/c1-8(12)11(2)6-4-9(5-7-11)10(13)14-3/h9H,4-7H2,1-3H3/t9-,11+. The first-order chi connectivity index (χ1) is 6.49. The van der Waals surface area contributed by atoms with Crippen LogP contribution in [0.3, 0.4) is 0 Å². The number of Topliss-reactive ketones (excluding diaryl/α,β-unsaturated/α-hetero) is 1. The van der Waals surface area contributed by atoms with Crippen molar-refractivity contribution in [1.82, 2.24) is 0 Å². The Hall–Kier alpha value is -0.860. The van der Waals surface area contributed by atoms with Crippen LogP contribution in [0.5, 0.6) is 0 Å². The smallest absolute Gasteiger partial charge is 0.308 e. The van der Waals surface area contributed by atoms with Gasteiger partial charge in [0.15, 0.2) is 0 Å².